The fourth-order valence-electron chi connectivity index (χ4n) is 4.04. The molecule has 4 rings (SSSR count). The average Bonchev–Trinajstić information content (AvgIpc) is 3.31. The van der Waals surface area contributed by atoms with Crippen molar-refractivity contribution in [1.29, 1.82) is 0 Å². The third-order valence-corrected chi connectivity index (χ3v) is 6.37. The lowest BCUT2D eigenvalue weighted by atomic mass is 10.1. The number of rotatable bonds is 10. The first-order valence-corrected chi connectivity index (χ1v) is 12.7. The van der Waals surface area contributed by atoms with Crippen molar-refractivity contribution in [2.24, 2.45) is 11.0 Å². The zero-order valence-electron chi connectivity index (χ0n) is 20.9. The summed E-state index contributed by atoms with van der Waals surface area (Å²) >= 11 is 5.94. The molecule has 37 heavy (non-hydrogen) atoms. The Labute approximate surface area is 222 Å². The molecule has 1 aliphatic heterocycles. The second kappa shape index (κ2) is 12.4. The van der Waals surface area contributed by atoms with E-state index in [-0.39, 0.29) is 18.2 Å². The van der Waals surface area contributed by atoms with Gasteiger partial charge in [-0.25, -0.2) is 5.43 Å². The number of aryl methyl sites for hydroxylation is 1. The number of halogens is 1. The highest BCUT2D eigenvalue weighted by atomic mass is 35.5. The fourth-order valence-corrected chi connectivity index (χ4v) is 4.17. The molecule has 1 saturated heterocycles. The molecule has 1 atom stereocenters. The molecule has 0 unspecified atom stereocenters. The quantitative estimate of drug-likeness (QED) is 0.288. The van der Waals surface area contributed by atoms with Gasteiger partial charge >= 0.3 is 0 Å². The number of hydrogen-bond acceptors (Lipinski definition) is 5. The molecule has 8 heteroatoms. The van der Waals surface area contributed by atoms with Crippen LogP contribution in [0.25, 0.3) is 0 Å². The normalized spacial score (nSPS) is 15.3. The summed E-state index contributed by atoms with van der Waals surface area (Å²) in [7, 11) is 0. The summed E-state index contributed by atoms with van der Waals surface area (Å²) in [5.41, 5.74) is 6.31. The van der Waals surface area contributed by atoms with Gasteiger partial charge in [-0.3, -0.25) is 9.59 Å². The highest BCUT2D eigenvalue weighted by molar-refractivity contribution is 6.30. The lowest BCUT2D eigenvalue weighted by Crippen LogP contribution is -2.30. The predicted molar refractivity (Wildman–Crippen MR) is 145 cm³/mol. The van der Waals surface area contributed by atoms with E-state index >= 15 is 0 Å². The van der Waals surface area contributed by atoms with E-state index in [1.165, 1.54) is 5.56 Å². The molecule has 2 amide bonds. The number of hydrogen-bond donors (Lipinski definition) is 1. The van der Waals surface area contributed by atoms with E-state index in [0.717, 1.165) is 23.2 Å². The van der Waals surface area contributed by atoms with Crippen molar-refractivity contribution in [3.05, 3.63) is 88.4 Å². The van der Waals surface area contributed by atoms with Crippen LogP contribution in [0, 0.1) is 5.92 Å². The summed E-state index contributed by atoms with van der Waals surface area (Å²) in [4.78, 5) is 26.8. The van der Waals surface area contributed by atoms with Crippen molar-refractivity contribution in [2.45, 2.75) is 33.3 Å². The maximum absolute atomic E-state index is 12.7. The first-order chi connectivity index (χ1) is 18.0. The molecule has 1 aliphatic rings. The predicted octanol–water partition coefficient (Wildman–Crippen LogP) is 5.38. The second-order valence-electron chi connectivity index (χ2n) is 8.71. The highest BCUT2D eigenvalue weighted by Crippen LogP contribution is 2.29. The molecule has 1 N–H and O–H groups in total. The van der Waals surface area contributed by atoms with Gasteiger partial charge in [0.05, 0.1) is 18.7 Å². The summed E-state index contributed by atoms with van der Waals surface area (Å²) in [6.07, 6.45) is 2.63. The number of benzene rings is 3. The number of anilines is 1. The van der Waals surface area contributed by atoms with Gasteiger partial charge in [0.1, 0.15) is 6.61 Å². The molecule has 0 spiro atoms. The minimum Gasteiger partial charge on any atom is -0.490 e. The third kappa shape index (κ3) is 6.89. The smallest absolute Gasteiger partial charge is 0.245 e. The Kier molecular flexibility index (Phi) is 8.80. The van der Waals surface area contributed by atoms with Gasteiger partial charge in [-0.2, -0.15) is 5.10 Å². The summed E-state index contributed by atoms with van der Waals surface area (Å²) in [5.74, 6) is 0.375. The largest absolute Gasteiger partial charge is 0.490 e. The number of amides is 2. The van der Waals surface area contributed by atoms with Crippen LogP contribution in [0.2, 0.25) is 5.02 Å². The first-order valence-electron chi connectivity index (χ1n) is 12.3. The van der Waals surface area contributed by atoms with Gasteiger partial charge in [0.2, 0.25) is 11.8 Å². The molecule has 3 aromatic carbocycles. The minimum atomic E-state index is -0.460. The van der Waals surface area contributed by atoms with Gasteiger partial charge in [-0.1, -0.05) is 42.8 Å². The molecule has 1 fully saturated rings. The van der Waals surface area contributed by atoms with E-state index in [1.807, 2.05) is 61.5 Å². The van der Waals surface area contributed by atoms with Gasteiger partial charge in [-0.05, 0) is 72.5 Å². The molecule has 1 heterocycles. The van der Waals surface area contributed by atoms with Crippen LogP contribution in [-0.2, 0) is 22.6 Å². The molecule has 0 radical (unpaired) electrons. The molecule has 0 saturated carbocycles. The number of hydrazone groups is 1. The van der Waals surface area contributed by atoms with Crippen molar-refractivity contribution >= 4 is 35.3 Å². The Morgan fingerprint density at radius 3 is 2.46 bits per heavy atom. The van der Waals surface area contributed by atoms with Crippen LogP contribution in [0.15, 0.2) is 71.8 Å². The van der Waals surface area contributed by atoms with Gasteiger partial charge < -0.3 is 14.4 Å². The third-order valence-electron chi connectivity index (χ3n) is 6.12. The van der Waals surface area contributed by atoms with E-state index in [2.05, 4.69) is 17.5 Å². The maximum atomic E-state index is 12.7. The molecule has 0 aliphatic carbocycles. The van der Waals surface area contributed by atoms with Crippen molar-refractivity contribution in [3.8, 4) is 11.5 Å². The van der Waals surface area contributed by atoms with Crippen LogP contribution >= 0.6 is 11.6 Å². The minimum absolute atomic E-state index is 0.0658. The monoisotopic (exact) mass is 519 g/mol. The SMILES string of the molecule is CCOc1cc(/C=N/NC(=O)[C@@H]2CC(=O)N(c3ccc(CC)cc3)C2)ccc1OCc1ccc(Cl)cc1. The first kappa shape index (κ1) is 26.2. The van der Waals surface area contributed by atoms with Crippen LogP contribution < -0.4 is 19.8 Å². The van der Waals surface area contributed by atoms with Gasteiger partial charge in [0, 0.05) is 23.7 Å². The van der Waals surface area contributed by atoms with Crippen LogP contribution in [0.5, 0.6) is 11.5 Å². The highest BCUT2D eigenvalue weighted by Gasteiger charge is 2.35. The Morgan fingerprint density at radius 2 is 1.76 bits per heavy atom. The van der Waals surface area contributed by atoms with Crippen LogP contribution in [-0.4, -0.2) is 31.2 Å². The lowest BCUT2D eigenvalue weighted by Gasteiger charge is -2.16. The van der Waals surface area contributed by atoms with E-state index < -0.39 is 5.92 Å². The number of carbonyl (C=O) groups is 2. The maximum Gasteiger partial charge on any atom is 0.245 e. The Hall–Kier alpha value is -3.84. The zero-order chi connectivity index (χ0) is 26.2. The van der Waals surface area contributed by atoms with E-state index in [9.17, 15) is 9.59 Å². The summed E-state index contributed by atoms with van der Waals surface area (Å²) in [6, 6.07) is 20.8. The van der Waals surface area contributed by atoms with Gasteiger partial charge in [0.15, 0.2) is 11.5 Å². The molecule has 3 aromatic rings. The lowest BCUT2D eigenvalue weighted by molar-refractivity contribution is -0.126. The van der Waals surface area contributed by atoms with Gasteiger partial charge in [0.25, 0.3) is 0 Å². The zero-order valence-corrected chi connectivity index (χ0v) is 21.7. The molecular formula is C29H30ClN3O4. The Bertz CT molecular complexity index is 1260. The summed E-state index contributed by atoms with van der Waals surface area (Å²) in [5, 5.41) is 4.78. The molecule has 7 nitrogen and oxygen atoms in total. The Balaban J connectivity index is 1.34. The van der Waals surface area contributed by atoms with Crippen LogP contribution in [0.3, 0.4) is 0 Å². The van der Waals surface area contributed by atoms with Gasteiger partial charge in [-0.15, -0.1) is 0 Å². The molecule has 192 valence electrons. The van der Waals surface area contributed by atoms with E-state index in [0.29, 0.717) is 36.3 Å². The summed E-state index contributed by atoms with van der Waals surface area (Å²) < 4.78 is 11.7. The van der Waals surface area contributed by atoms with Crippen molar-refractivity contribution < 1.29 is 19.1 Å². The number of carbonyl (C=O) groups excluding carboxylic acids is 2. The molecular weight excluding hydrogens is 490 g/mol. The van der Waals surface area contributed by atoms with E-state index in [1.54, 1.807) is 23.2 Å². The molecule has 0 aromatic heterocycles. The van der Waals surface area contributed by atoms with E-state index in [4.69, 9.17) is 21.1 Å². The number of nitrogens with one attached hydrogen (secondary N) is 1. The number of nitrogens with zero attached hydrogens (tertiary/aromatic N) is 2. The van der Waals surface area contributed by atoms with Crippen molar-refractivity contribution in [2.75, 3.05) is 18.1 Å². The standard InChI is InChI=1S/C29H30ClN3O4/c1-3-20-7-12-25(13-8-20)33-18-23(16-28(33)34)29(35)32-31-17-22-9-14-26(27(15-22)36-4-2)37-19-21-5-10-24(30)11-6-21/h5-15,17,23H,3-4,16,18-19H2,1-2H3,(H,32,35)/b31-17+/t23-/m1/s1. The van der Waals surface area contributed by atoms with Crippen LogP contribution in [0.1, 0.15) is 37.0 Å². The van der Waals surface area contributed by atoms with Crippen molar-refractivity contribution in [1.82, 2.24) is 5.43 Å². The number of ether oxygens (including phenoxy) is 2. The second-order valence-corrected chi connectivity index (χ2v) is 9.15. The average molecular weight is 520 g/mol. The molecule has 0 bridgehead atoms. The fraction of sp³-hybridized carbons (Fsp3) is 0.276. The topological polar surface area (TPSA) is 80.2 Å². The Morgan fingerprint density at radius 1 is 1.03 bits per heavy atom. The van der Waals surface area contributed by atoms with Crippen molar-refractivity contribution in [3.63, 3.8) is 0 Å². The van der Waals surface area contributed by atoms with Crippen LogP contribution in [0.4, 0.5) is 5.69 Å². The summed E-state index contributed by atoms with van der Waals surface area (Å²) in [6.45, 7) is 5.16.